The first-order valence-corrected chi connectivity index (χ1v) is 4.74. The molecule has 0 amide bonds. The van der Waals surface area contributed by atoms with E-state index in [0.717, 1.165) is 0 Å². The zero-order valence-electron chi connectivity index (χ0n) is 8.76. The molecule has 0 fully saturated rings. The van der Waals surface area contributed by atoms with Gasteiger partial charge in [0.15, 0.2) is 5.82 Å². The topological polar surface area (TPSA) is 55.0 Å². The summed E-state index contributed by atoms with van der Waals surface area (Å²) in [4.78, 5) is 9.40. The van der Waals surface area contributed by atoms with Gasteiger partial charge >= 0.3 is 0 Å². The molecule has 5 heteroatoms. The first kappa shape index (κ1) is 10.4. The molecule has 0 saturated carbocycles. The lowest BCUT2D eigenvalue weighted by atomic mass is 10.3. The molecule has 2 rings (SSSR count). The van der Waals surface area contributed by atoms with Gasteiger partial charge in [0.1, 0.15) is 12.1 Å². The second-order valence-corrected chi connectivity index (χ2v) is 3.31. The molecule has 0 radical (unpaired) electrons. The monoisotopic (exact) mass is 218 g/mol. The molecule has 1 aromatic heterocycles. The normalized spacial score (nSPS) is 10.1. The minimum absolute atomic E-state index is 0.317. The fourth-order valence-electron chi connectivity index (χ4n) is 1.45. The highest BCUT2D eigenvalue weighted by Crippen LogP contribution is 2.27. The molecule has 2 N–H and O–H groups in total. The molecule has 0 atom stereocenters. The first-order chi connectivity index (χ1) is 7.70. The third kappa shape index (κ3) is 1.79. The Morgan fingerprint density at radius 3 is 2.75 bits per heavy atom. The molecule has 0 bridgehead atoms. The van der Waals surface area contributed by atoms with Crippen LogP contribution in [0.2, 0.25) is 0 Å². The molecule has 4 nitrogen and oxygen atoms in total. The summed E-state index contributed by atoms with van der Waals surface area (Å²) in [7, 11) is 1.71. The molecule has 0 spiro atoms. The molecule has 0 unspecified atom stereocenters. The van der Waals surface area contributed by atoms with Gasteiger partial charge in [0.2, 0.25) is 0 Å². The number of rotatable bonds is 2. The lowest BCUT2D eigenvalue weighted by molar-refractivity contribution is 0.627. The van der Waals surface area contributed by atoms with Crippen LogP contribution in [-0.2, 0) is 0 Å². The van der Waals surface area contributed by atoms with Crippen molar-refractivity contribution in [3.05, 3.63) is 42.6 Å². The Balaban J connectivity index is 2.44. The Labute approximate surface area is 92.6 Å². The number of para-hydroxylation sites is 1. The first-order valence-electron chi connectivity index (χ1n) is 4.74. The lowest BCUT2D eigenvalue weighted by Crippen LogP contribution is -2.14. The van der Waals surface area contributed by atoms with Crippen LogP contribution in [0.4, 0.5) is 21.6 Å². The number of aromatic nitrogens is 2. The summed E-state index contributed by atoms with van der Waals surface area (Å²) in [6, 6.07) is 6.45. The Morgan fingerprint density at radius 2 is 2.06 bits per heavy atom. The van der Waals surface area contributed by atoms with Gasteiger partial charge in [-0.1, -0.05) is 12.1 Å². The van der Waals surface area contributed by atoms with E-state index in [1.54, 1.807) is 30.1 Å². The number of nitrogen functional groups attached to an aromatic ring is 1. The van der Waals surface area contributed by atoms with Gasteiger partial charge in [0, 0.05) is 7.05 Å². The van der Waals surface area contributed by atoms with Crippen molar-refractivity contribution in [3.8, 4) is 0 Å². The Morgan fingerprint density at radius 1 is 1.31 bits per heavy atom. The molecule has 82 valence electrons. The van der Waals surface area contributed by atoms with Crippen LogP contribution >= 0.6 is 0 Å². The van der Waals surface area contributed by atoms with Crippen LogP contribution < -0.4 is 10.6 Å². The van der Waals surface area contributed by atoms with Crippen LogP contribution in [0.5, 0.6) is 0 Å². The van der Waals surface area contributed by atoms with Crippen LogP contribution in [-0.4, -0.2) is 17.0 Å². The van der Waals surface area contributed by atoms with E-state index < -0.39 is 0 Å². The fraction of sp³-hybridized carbons (Fsp3) is 0.0909. The molecule has 16 heavy (non-hydrogen) atoms. The summed E-state index contributed by atoms with van der Waals surface area (Å²) in [6.45, 7) is 0. The number of benzene rings is 1. The summed E-state index contributed by atoms with van der Waals surface area (Å²) < 4.78 is 13.5. The van der Waals surface area contributed by atoms with E-state index in [-0.39, 0.29) is 5.82 Å². The number of nitrogens with zero attached hydrogens (tertiary/aromatic N) is 3. The van der Waals surface area contributed by atoms with Crippen molar-refractivity contribution in [2.75, 3.05) is 17.7 Å². The second-order valence-electron chi connectivity index (χ2n) is 3.31. The van der Waals surface area contributed by atoms with E-state index in [2.05, 4.69) is 9.97 Å². The smallest absolute Gasteiger partial charge is 0.159 e. The van der Waals surface area contributed by atoms with Gasteiger partial charge in [-0.05, 0) is 12.1 Å². The molecular formula is C11H11FN4. The molecular weight excluding hydrogens is 207 g/mol. The summed E-state index contributed by atoms with van der Waals surface area (Å²) in [6.07, 6.45) is 2.86. The van der Waals surface area contributed by atoms with Gasteiger partial charge in [0.25, 0.3) is 0 Å². The van der Waals surface area contributed by atoms with E-state index in [9.17, 15) is 4.39 Å². The highest BCUT2D eigenvalue weighted by Gasteiger charge is 2.12. The Hall–Kier alpha value is -2.17. The fourth-order valence-corrected chi connectivity index (χ4v) is 1.45. The van der Waals surface area contributed by atoms with Gasteiger partial charge in [-0.2, -0.15) is 0 Å². The van der Waals surface area contributed by atoms with Crippen LogP contribution in [0.15, 0.2) is 36.8 Å². The van der Waals surface area contributed by atoms with Crippen LogP contribution in [0, 0.1) is 5.82 Å². The van der Waals surface area contributed by atoms with Crippen molar-refractivity contribution in [1.29, 1.82) is 0 Å². The average molecular weight is 218 g/mol. The van der Waals surface area contributed by atoms with Gasteiger partial charge in [-0.15, -0.1) is 0 Å². The van der Waals surface area contributed by atoms with Crippen LogP contribution in [0.25, 0.3) is 0 Å². The molecule has 1 aromatic carbocycles. The van der Waals surface area contributed by atoms with Gasteiger partial charge < -0.3 is 10.6 Å². The lowest BCUT2D eigenvalue weighted by Gasteiger charge is -2.19. The Kier molecular flexibility index (Phi) is 2.68. The number of nitrogens with two attached hydrogens (primary N) is 1. The number of hydrogen-bond donors (Lipinski definition) is 1. The number of hydrogen-bond acceptors (Lipinski definition) is 4. The van der Waals surface area contributed by atoms with Gasteiger partial charge in [-0.25, -0.2) is 14.4 Å². The highest BCUT2D eigenvalue weighted by molar-refractivity contribution is 5.69. The minimum Gasteiger partial charge on any atom is -0.394 e. The van der Waals surface area contributed by atoms with Crippen molar-refractivity contribution >= 4 is 17.2 Å². The zero-order chi connectivity index (χ0) is 11.5. The van der Waals surface area contributed by atoms with E-state index in [1.807, 2.05) is 0 Å². The summed E-state index contributed by atoms with van der Waals surface area (Å²) in [5.41, 5.74) is 6.55. The third-order valence-corrected chi connectivity index (χ3v) is 2.25. The predicted molar refractivity (Wildman–Crippen MR) is 60.9 cm³/mol. The number of halogens is 1. The maximum atomic E-state index is 13.5. The van der Waals surface area contributed by atoms with Crippen molar-refractivity contribution in [1.82, 2.24) is 9.97 Å². The van der Waals surface area contributed by atoms with Crippen molar-refractivity contribution < 1.29 is 4.39 Å². The van der Waals surface area contributed by atoms with E-state index >= 15 is 0 Å². The molecule has 0 aliphatic heterocycles. The summed E-state index contributed by atoms with van der Waals surface area (Å²) in [5, 5.41) is 0. The molecule has 0 saturated heterocycles. The predicted octanol–water partition coefficient (Wildman–Crippen LogP) is 1.97. The highest BCUT2D eigenvalue weighted by atomic mass is 19.1. The zero-order valence-corrected chi connectivity index (χ0v) is 8.76. The molecule has 0 aliphatic rings. The number of anilines is 3. The van der Waals surface area contributed by atoms with Crippen molar-refractivity contribution in [3.63, 3.8) is 0 Å². The van der Waals surface area contributed by atoms with Gasteiger partial charge in [0.05, 0.1) is 17.6 Å². The SMILES string of the molecule is CN(c1ccccc1F)c1ncncc1N. The van der Waals surface area contributed by atoms with Crippen molar-refractivity contribution in [2.24, 2.45) is 0 Å². The quantitative estimate of drug-likeness (QED) is 0.837. The Bertz CT molecular complexity index is 455. The molecule has 0 aliphatic carbocycles. The largest absolute Gasteiger partial charge is 0.394 e. The minimum atomic E-state index is -0.317. The summed E-state index contributed by atoms with van der Waals surface area (Å²) >= 11 is 0. The summed E-state index contributed by atoms with van der Waals surface area (Å²) in [5.74, 6) is 0.170. The van der Waals surface area contributed by atoms with E-state index in [1.165, 1.54) is 18.6 Å². The average Bonchev–Trinajstić information content (AvgIpc) is 2.29. The molecule has 1 heterocycles. The maximum absolute atomic E-state index is 13.5. The second kappa shape index (κ2) is 4.14. The third-order valence-electron chi connectivity index (χ3n) is 2.25. The van der Waals surface area contributed by atoms with Crippen LogP contribution in [0.3, 0.4) is 0 Å². The van der Waals surface area contributed by atoms with Crippen molar-refractivity contribution in [2.45, 2.75) is 0 Å². The standard InChI is InChI=1S/C11H11FN4/c1-16(10-5-3-2-4-8(10)12)11-9(13)6-14-7-15-11/h2-7H,13H2,1H3. The maximum Gasteiger partial charge on any atom is 0.159 e. The van der Waals surface area contributed by atoms with E-state index in [4.69, 9.17) is 5.73 Å². The van der Waals surface area contributed by atoms with Gasteiger partial charge in [-0.3, -0.25) is 0 Å². The molecule has 2 aromatic rings. The van der Waals surface area contributed by atoms with Crippen LogP contribution in [0.1, 0.15) is 0 Å². The van der Waals surface area contributed by atoms with E-state index in [0.29, 0.717) is 17.2 Å².